The van der Waals surface area contributed by atoms with Gasteiger partial charge < -0.3 is 54.3 Å². The Labute approximate surface area is 507 Å². The Kier molecular flexibility index (Phi) is 57.5. The van der Waals surface area contributed by atoms with Crippen molar-refractivity contribution >= 4 is 89.3 Å². The average Bonchev–Trinajstić information content (AvgIpc) is 3.98. The van der Waals surface area contributed by atoms with Crippen LogP contribution in [-0.2, 0) is 85.8 Å². The minimum absolute atomic E-state index is 0. The fraction of sp³-hybridized carbons (Fsp3) is 0.462. The first kappa shape index (κ1) is 90.8. The first-order valence-corrected chi connectivity index (χ1v) is 53.2. The SMILES string of the molecule is C[Si](C)(C)[C]1[CH][CH][CH][CH-]1.C[Si](C)(C)c1cc[cH-]c1.C[Si](C)(C)c1ccc[cH-]1.C[Si](C)(C)c1ccc[cH-]1.[Ag+].[C-]#C[Si](C)(C)C.[C-]#C[Si](C)(C)C.[C-]#C[Si](C)(C)C.[C-]#C[Si](C)(C)C.[Cl][Ag].[O-][Cl+3]([O-])([O-])[O-].[Ti+4].[Ti+4]. The van der Waals surface area contributed by atoms with Gasteiger partial charge in [0, 0.05) is 16.1 Å². The van der Waals surface area contributed by atoms with E-state index in [1.807, 2.05) is 0 Å². The minimum Gasteiger partial charge on any atom is -0.222 e. The summed E-state index contributed by atoms with van der Waals surface area (Å²) in [5.41, 5.74) is 11.5. The van der Waals surface area contributed by atoms with Gasteiger partial charge in [0.2, 0.25) is 0 Å². The Morgan fingerprint density at radius 3 is 0.843 bits per heavy atom. The van der Waals surface area contributed by atoms with Crippen LogP contribution in [0.1, 0.15) is 0 Å². The number of hydrogen-bond acceptors (Lipinski definition) is 4. The van der Waals surface area contributed by atoms with E-state index in [1.165, 1.54) is 0 Å². The molecule has 0 N–H and O–H groups in total. The van der Waals surface area contributed by atoms with Crippen molar-refractivity contribution in [3.05, 3.63) is 130 Å². The molecule has 0 bridgehead atoms. The molecule has 0 unspecified atom stereocenters. The van der Waals surface area contributed by atoms with Gasteiger partial charge in [0.15, 0.2) is 0 Å². The van der Waals surface area contributed by atoms with Gasteiger partial charge in [-0.1, -0.05) is 170 Å². The van der Waals surface area contributed by atoms with Crippen LogP contribution in [0.5, 0.6) is 0 Å². The standard InChI is InChI=1S/4C8H13Si.4C5H9Si.2Ag.ClHO4.ClH.2Ti/c4*1-9(2,3)8-6-4-5-7-8;4*1-5-6(2,3)4;;;2-1(3,4)5;;;/h4*4-7H,1-3H3;4*2-4H3;;;(H,2,3,4,5);1H;;/q8*-1;2*+1;;;2*+4/p-2. The Balaban J connectivity index is -0.0000000853. The third-order valence-electron chi connectivity index (χ3n) is 7.61. The molecule has 1 aliphatic carbocycles. The maximum Gasteiger partial charge on any atom is 4.00 e. The second-order valence-electron chi connectivity index (χ2n) is 23.6. The van der Waals surface area contributed by atoms with E-state index >= 15 is 0 Å². The third kappa shape index (κ3) is 75.9. The Morgan fingerprint density at radius 2 is 0.757 bits per heavy atom. The van der Waals surface area contributed by atoms with Crippen LogP contribution in [0.15, 0.2) is 72.8 Å². The van der Waals surface area contributed by atoms with Crippen molar-refractivity contribution < 1.29 is 115 Å². The van der Waals surface area contributed by atoms with Crippen LogP contribution in [0.3, 0.4) is 0 Å². The number of hydrogen-bond donors (Lipinski definition) is 0. The van der Waals surface area contributed by atoms with Gasteiger partial charge in [-0.05, 0) is 0 Å². The minimum atomic E-state index is -4.94. The van der Waals surface area contributed by atoms with Gasteiger partial charge in [-0.3, -0.25) is 0 Å². The van der Waals surface area contributed by atoms with Crippen LogP contribution in [0.4, 0.5) is 0 Å². The smallest absolute Gasteiger partial charge is 0.222 e. The second kappa shape index (κ2) is 44.3. The predicted octanol–water partition coefficient (Wildman–Crippen LogP) is 9.86. The van der Waals surface area contributed by atoms with E-state index in [-0.39, 0.29) is 65.8 Å². The molecule has 0 amide bonds. The maximum atomic E-state index is 8.49. The Morgan fingerprint density at radius 1 is 0.486 bits per heavy atom. The van der Waals surface area contributed by atoms with E-state index in [2.05, 4.69) is 307 Å². The second-order valence-corrected chi connectivity index (χ2v) is 63.6. The summed E-state index contributed by atoms with van der Waals surface area (Å²) in [5, 5.41) is 4.67. The fourth-order valence-corrected chi connectivity index (χ4v) is 8.27. The molecule has 3 aromatic carbocycles. The van der Waals surface area contributed by atoms with Crippen LogP contribution >= 0.6 is 9.19 Å². The quantitative estimate of drug-likeness (QED) is 0.148. The van der Waals surface area contributed by atoms with Crippen LogP contribution in [0.25, 0.3) is 0 Å². The molecule has 4 nitrogen and oxygen atoms in total. The average molecular weight is 1380 g/mol. The van der Waals surface area contributed by atoms with E-state index < -0.39 is 74.8 Å². The zero-order valence-electron chi connectivity index (χ0n) is 47.2. The molecular weight excluding hydrogens is 1300 g/mol. The molecule has 70 heavy (non-hydrogen) atoms. The first-order valence-electron chi connectivity index (χ1n) is 22.0. The molecule has 0 heterocycles. The zero-order valence-corrected chi connectivity index (χ0v) is 62.8. The summed E-state index contributed by atoms with van der Waals surface area (Å²) in [7, 11) is -9.28. The van der Waals surface area contributed by atoms with Gasteiger partial charge in [-0.15, -0.1) is 10.2 Å². The molecule has 1 fully saturated rings. The molecule has 0 atom stereocenters. The summed E-state index contributed by atoms with van der Waals surface area (Å²) in [4.78, 5) is 0. The maximum absolute atomic E-state index is 8.49. The normalized spacial score (nSPS) is 12.0. The van der Waals surface area contributed by atoms with Crippen LogP contribution in [-0.4, -0.2) is 64.6 Å². The summed E-state index contributed by atoms with van der Waals surface area (Å²) in [6, 6.07) is 26.1. The summed E-state index contributed by atoms with van der Waals surface area (Å²) < 4.78 is 34.0. The monoisotopic (exact) mass is 1380 g/mol. The summed E-state index contributed by atoms with van der Waals surface area (Å²) in [5.74, 6) is 0. The van der Waals surface area contributed by atoms with Crippen molar-refractivity contribution in [2.45, 2.75) is 157 Å². The fourth-order valence-electron chi connectivity index (χ4n) is 3.50. The summed E-state index contributed by atoms with van der Waals surface area (Å²) in [6.45, 7) is 53.4. The van der Waals surface area contributed by atoms with E-state index in [1.54, 1.807) is 21.1 Å². The van der Waals surface area contributed by atoms with Gasteiger partial charge in [0.25, 0.3) is 0 Å². The van der Waals surface area contributed by atoms with Crippen molar-refractivity contribution in [1.82, 2.24) is 0 Å². The molecule has 396 valence electrons. The molecule has 0 aromatic heterocycles. The molecule has 0 aliphatic heterocycles. The van der Waals surface area contributed by atoms with Gasteiger partial charge >= 0.3 is 95.0 Å². The molecule has 4 radical (unpaired) electrons. The molecule has 0 saturated heterocycles. The van der Waals surface area contributed by atoms with E-state index in [9.17, 15) is 0 Å². The van der Waals surface area contributed by atoms with Gasteiger partial charge in [0.05, 0.1) is 48.4 Å². The molecule has 18 heteroatoms. The molecular formula is C52H88Ag2Cl2O4Si8Ti2. The molecule has 3 aromatic rings. The zero-order chi connectivity index (χ0) is 55.0. The summed E-state index contributed by atoms with van der Waals surface area (Å²) in [6.07, 6.45) is 35.4. The molecule has 1 saturated carbocycles. The van der Waals surface area contributed by atoms with Crippen molar-refractivity contribution in [2.75, 3.05) is 0 Å². The predicted molar refractivity (Wildman–Crippen MR) is 307 cm³/mol. The molecule has 4 rings (SSSR count). The summed E-state index contributed by atoms with van der Waals surface area (Å²) >= 11 is 2.42. The molecule has 0 spiro atoms. The van der Waals surface area contributed by atoms with Gasteiger partial charge in [-0.2, -0.15) is 64.8 Å². The van der Waals surface area contributed by atoms with E-state index in [0.717, 1.165) is 0 Å². The number of rotatable bonds is 4. The van der Waals surface area contributed by atoms with Crippen molar-refractivity contribution in [1.29, 1.82) is 0 Å². The van der Waals surface area contributed by atoms with Crippen LogP contribution in [0.2, 0.25) is 157 Å². The van der Waals surface area contributed by atoms with E-state index in [0.29, 0.717) is 0 Å². The Hall–Kier alpha value is 1.35. The van der Waals surface area contributed by atoms with Crippen LogP contribution in [0, 0.1) is 89.3 Å². The Bertz CT molecular complexity index is 1560. The van der Waals surface area contributed by atoms with Gasteiger partial charge in [0.1, 0.15) is 0 Å². The topological polar surface area (TPSA) is 92.2 Å². The molecule has 1 aliphatic rings. The largest absolute Gasteiger partial charge is 4.00 e. The van der Waals surface area contributed by atoms with Crippen molar-refractivity contribution in [3.8, 4) is 22.2 Å². The first-order chi connectivity index (χ1) is 29.7. The van der Waals surface area contributed by atoms with Crippen molar-refractivity contribution in [3.63, 3.8) is 0 Å². The van der Waals surface area contributed by atoms with Crippen molar-refractivity contribution in [2.24, 2.45) is 0 Å². The number of halogens is 2. The van der Waals surface area contributed by atoms with Gasteiger partial charge in [-0.25, -0.2) is 54.2 Å². The third-order valence-corrected chi connectivity index (χ3v) is 18.9. The van der Waals surface area contributed by atoms with Crippen LogP contribution < -0.4 is 34.2 Å². The van der Waals surface area contributed by atoms with E-state index in [4.69, 9.17) is 44.3 Å².